The average molecular weight is 391 g/mol. The van der Waals surface area contributed by atoms with Gasteiger partial charge in [0, 0.05) is 13.6 Å². The Kier molecular flexibility index (Phi) is 13.1. The number of ether oxygens (including phenoxy) is 1. The number of hydrogen-bond acceptors (Lipinski definition) is 4. The van der Waals surface area contributed by atoms with Gasteiger partial charge in [-0.25, -0.2) is 0 Å². The number of unbranched alkanes of at least 4 members (excludes halogenated alkanes) is 7. The molecular formula is C22H34N2O4. The Bertz CT molecular complexity index is 585. The standard InChI is InChI=1S/C22H34N2O4/c1-23-21(26)22(27)24-17-11-9-7-5-3-2-4-6-8-10-12-18-28-20-15-13-19(25)14-16-20/h3,5,13-16,25H,2,4,6-12,17-18H2,1H3,(H,23,26)(H,24,27)/b5-3-. The lowest BCUT2D eigenvalue weighted by atomic mass is 10.1. The maximum atomic E-state index is 11.2. The van der Waals surface area contributed by atoms with Crippen LogP contribution < -0.4 is 15.4 Å². The Morgan fingerprint density at radius 3 is 2.18 bits per heavy atom. The van der Waals surface area contributed by atoms with Crippen molar-refractivity contribution in [1.82, 2.24) is 10.6 Å². The number of phenols is 1. The molecule has 0 aliphatic carbocycles. The first-order valence-corrected chi connectivity index (χ1v) is 10.2. The lowest BCUT2D eigenvalue weighted by Gasteiger charge is -2.06. The van der Waals surface area contributed by atoms with Crippen molar-refractivity contribution in [3.05, 3.63) is 36.4 Å². The van der Waals surface area contributed by atoms with E-state index in [0.717, 1.165) is 37.9 Å². The molecule has 28 heavy (non-hydrogen) atoms. The van der Waals surface area contributed by atoms with Crippen molar-refractivity contribution in [2.45, 2.75) is 57.8 Å². The van der Waals surface area contributed by atoms with Gasteiger partial charge in [-0.2, -0.15) is 0 Å². The first kappa shape index (κ1) is 23.5. The molecule has 0 saturated heterocycles. The van der Waals surface area contributed by atoms with Gasteiger partial charge in [-0.3, -0.25) is 9.59 Å². The average Bonchev–Trinajstić information content (AvgIpc) is 2.71. The van der Waals surface area contributed by atoms with E-state index in [0.29, 0.717) is 13.2 Å². The molecule has 0 saturated carbocycles. The second-order valence-corrected chi connectivity index (χ2v) is 6.70. The van der Waals surface area contributed by atoms with E-state index >= 15 is 0 Å². The molecule has 0 aromatic heterocycles. The Morgan fingerprint density at radius 2 is 1.50 bits per heavy atom. The number of allylic oxidation sites excluding steroid dienone is 2. The molecule has 0 atom stereocenters. The third-order valence-corrected chi connectivity index (χ3v) is 4.30. The van der Waals surface area contributed by atoms with Crippen molar-refractivity contribution < 1.29 is 19.4 Å². The predicted octanol–water partition coefficient (Wildman–Crippen LogP) is 3.70. The number of carbonyl (C=O) groups excluding carboxylic acids is 2. The zero-order chi connectivity index (χ0) is 20.5. The van der Waals surface area contributed by atoms with Crippen molar-refractivity contribution in [1.29, 1.82) is 0 Å². The maximum absolute atomic E-state index is 11.2. The number of benzene rings is 1. The largest absolute Gasteiger partial charge is 0.508 e. The van der Waals surface area contributed by atoms with E-state index in [-0.39, 0.29) is 5.75 Å². The van der Waals surface area contributed by atoms with Gasteiger partial charge in [0.25, 0.3) is 0 Å². The summed E-state index contributed by atoms with van der Waals surface area (Å²) in [7, 11) is 1.45. The molecule has 6 nitrogen and oxygen atoms in total. The Labute approximate surface area is 168 Å². The van der Waals surface area contributed by atoms with Crippen LogP contribution in [0.5, 0.6) is 11.5 Å². The van der Waals surface area contributed by atoms with E-state index in [9.17, 15) is 14.7 Å². The van der Waals surface area contributed by atoms with Crippen molar-refractivity contribution in [2.75, 3.05) is 20.2 Å². The number of aromatic hydroxyl groups is 1. The number of rotatable bonds is 14. The summed E-state index contributed by atoms with van der Waals surface area (Å²) in [6.45, 7) is 1.25. The maximum Gasteiger partial charge on any atom is 0.309 e. The first-order valence-electron chi connectivity index (χ1n) is 10.2. The van der Waals surface area contributed by atoms with Crippen LogP contribution in [0.3, 0.4) is 0 Å². The predicted molar refractivity (Wildman–Crippen MR) is 111 cm³/mol. The van der Waals surface area contributed by atoms with Gasteiger partial charge in [0.2, 0.25) is 0 Å². The molecule has 0 spiro atoms. The van der Waals surface area contributed by atoms with Crippen LogP contribution in [-0.2, 0) is 9.59 Å². The molecule has 1 aromatic rings. The molecule has 0 bridgehead atoms. The molecule has 0 unspecified atom stereocenters. The summed E-state index contributed by atoms with van der Waals surface area (Å²) in [5, 5.41) is 14.1. The van der Waals surface area contributed by atoms with Crippen LogP contribution in [0.2, 0.25) is 0 Å². The smallest absolute Gasteiger partial charge is 0.309 e. The van der Waals surface area contributed by atoms with Gasteiger partial charge in [0.15, 0.2) is 0 Å². The third-order valence-electron chi connectivity index (χ3n) is 4.30. The van der Waals surface area contributed by atoms with Gasteiger partial charge in [-0.1, -0.05) is 31.4 Å². The summed E-state index contributed by atoms with van der Waals surface area (Å²) in [5.41, 5.74) is 0. The molecule has 3 N–H and O–H groups in total. The van der Waals surface area contributed by atoms with E-state index in [2.05, 4.69) is 22.8 Å². The van der Waals surface area contributed by atoms with Crippen LogP contribution in [0.25, 0.3) is 0 Å². The minimum absolute atomic E-state index is 0.257. The number of hydrogen-bond donors (Lipinski definition) is 3. The fraction of sp³-hybridized carbons (Fsp3) is 0.545. The molecule has 0 fully saturated rings. The van der Waals surface area contributed by atoms with E-state index in [4.69, 9.17) is 4.74 Å². The van der Waals surface area contributed by atoms with E-state index in [1.165, 1.54) is 32.7 Å². The zero-order valence-electron chi connectivity index (χ0n) is 16.9. The molecule has 0 radical (unpaired) electrons. The van der Waals surface area contributed by atoms with Crippen LogP contribution in [0.15, 0.2) is 36.4 Å². The third kappa shape index (κ3) is 12.0. The molecule has 0 aliphatic rings. The van der Waals surface area contributed by atoms with Crippen molar-refractivity contribution in [3.63, 3.8) is 0 Å². The minimum atomic E-state index is -0.593. The Morgan fingerprint density at radius 1 is 0.893 bits per heavy atom. The van der Waals surface area contributed by atoms with Gasteiger partial charge >= 0.3 is 11.8 Å². The molecule has 6 heteroatoms. The summed E-state index contributed by atoms with van der Waals surface area (Å²) in [4.78, 5) is 22.2. The molecule has 1 aromatic carbocycles. The second kappa shape index (κ2) is 15.5. The fourth-order valence-electron chi connectivity index (χ4n) is 2.65. The topological polar surface area (TPSA) is 87.7 Å². The van der Waals surface area contributed by atoms with Crippen molar-refractivity contribution in [3.8, 4) is 11.5 Å². The molecule has 2 amide bonds. The van der Waals surface area contributed by atoms with E-state index < -0.39 is 11.8 Å². The highest BCUT2D eigenvalue weighted by atomic mass is 16.5. The van der Waals surface area contributed by atoms with E-state index in [1.807, 2.05) is 0 Å². The number of nitrogens with one attached hydrogen (secondary N) is 2. The number of amides is 2. The van der Waals surface area contributed by atoms with Gasteiger partial charge in [-0.15, -0.1) is 0 Å². The molecular weight excluding hydrogens is 356 g/mol. The molecule has 1 rings (SSSR count). The fourth-order valence-corrected chi connectivity index (χ4v) is 2.65. The van der Waals surface area contributed by atoms with Crippen LogP contribution in [0.1, 0.15) is 57.8 Å². The minimum Gasteiger partial charge on any atom is -0.508 e. The summed E-state index contributed by atoms with van der Waals surface area (Å²) in [6.07, 6.45) is 14.3. The first-order chi connectivity index (χ1) is 13.6. The SMILES string of the molecule is CNC(=O)C(=O)NCCCC/C=C\CCCCCCCOc1ccc(O)cc1. The summed E-state index contributed by atoms with van der Waals surface area (Å²) >= 11 is 0. The summed E-state index contributed by atoms with van der Waals surface area (Å²) in [5.74, 6) is -0.0979. The van der Waals surface area contributed by atoms with Gasteiger partial charge in [0.05, 0.1) is 6.61 Å². The quantitative estimate of drug-likeness (QED) is 0.257. The molecule has 156 valence electrons. The number of likely N-dealkylation sites (N-methyl/N-ethyl adjacent to an activating group) is 1. The Balaban J connectivity index is 1.83. The zero-order valence-corrected chi connectivity index (χ0v) is 16.9. The van der Waals surface area contributed by atoms with Crippen LogP contribution in [-0.4, -0.2) is 37.1 Å². The van der Waals surface area contributed by atoms with Crippen LogP contribution in [0, 0.1) is 0 Å². The lowest BCUT2D eigenvalue weighted by molar-refractivity contribution is -0.138. The highest BCUT2D eigenvalue weighted by Crippen LogP contribution is 2.16. The van der Waals surface area contributed by atoms with Gasteiger partial charge in [-0.05, 0) is 62.8 Å². The van der Waals surface area contributed by atoms with E-state index in [1.54, 1.807) is 24.3 Å². The van der Waals surface area contributed by atoms with Crippen molar-refractivity contribution >= 4 is 11.8 Å². The van der Waals surface area contributed by atoms with Gasteiger partial charge in [0.1, 0.15) is 11.5 Å². The number of phenolic OH excluding ortho intramolecular Hbond substituents is 1. The number of carbonyl (C=O) groups is 2. The highest BCUT2D eigenvalue weighted by Gasteiger charge is 2.08. The second-order valence-electron chi connectivity index (χ2n) is 6.70. The summed E-state index contributed by atoms with van der Waals surface area (Å²) < 4.78 is 5.63. The van der Waals surface area contributed by atoms with Crippen LogP contribution in [0.4, 0.5) is 0 Å². The van der Waals surface area contributed by atoms with Crippen molar-refractivity contribution in [2.24, 2.45) is 0 Å². The van der Waals surface area contributed by atoms with Crippen LogP contribution >= 0.6 is 0 Å². The molecule has 0 heterocycles. The monoisotopic (exact) mass is 390 g/mol. The normalized spacial score (nSPS) is 10.8. The lowest BCUT2D eigenvalue weighted by Crippen LogP contribution is -2.38. The van der Waals surface area contributed by atoms with Gasteiger partial charge < -0.3 is 20.5 Å². The Hall–Kier alpha value is -2.50. The highest BCUT2D eigenvalue weighted by molar-refractivity contribution is 6.34. The summed E-state index contributed by atoms with van der Waals surface area (Å²) in [6, 6.07) is 6.83. The molecule has 0 aliphatic heterocycles.